The summed E-state index contributed by atoms with van der Waals surface area (Å²) < 4.78 is 39.3. The van der Waals surface area contributed by atoms with E-state index in [1.165, 1.54) is 6.07 Å². The molecule has 0 saturated carbocycles. The minimum atomic E-state index is -4.94. The number of hydrogen-bond donors (Lipinski definition) is 0. The van der Waals surface area contributed by atoms with Gasteiger partial charge >= 0.3 is 6.36 Å². The van der Waals surface area contributed by atoms with Crippen molar-refractivity contribution in [2.24, 2.45) is 0 Å². The Kier molecular flexibility index (Phi) is 3.27. The van der Waals surface area contributed by atoms with Crippen molar-refractivity contribution in [3.63, 3.8) is 0 Å². The summed E-state index contributed by atoms with van der Waals surface area (Å²) in [6, 6.07) is 1.42. The molecule has 0 aliphatic carbocycles. The van der Waals surface area contributed by atoms with E-state index in [0.29, 0.717) is 0 Å². The van der Waals surface area contributed by atoms with Crippen LogP contribution in [0.2, 0.25) is 10.2 Å². The summed E-state index contributed by atoms with van der Waals surface area (Å²) in [6.45, 7) is 0. The molecule has 0 bridgehead atoms. The van der Waals surface area contributed by atoms with Gasteiger partial charge < -0.3 is 4.74 Å². The Morgan fingerprint density at radius 2 is 2.00 bits per heavy atom. The minimum absolute atomic E-state index is 0.402. The van der Waals surface area contributed by atoms with E-state index in [2.05, 4.69) is 9.72 Å². The highest BCUT2D eigenvalue weighted by molar-refractivity contribution is 6.34. The van der Waals surface area contributed by atoms with E-state index in [1.54, 1.807) is 0 Å². The Hall–Kier alpha value is -1.19. The van der Waals surface area contributed by atoms with Gasteiger partial charge in [0.1, 0.15) is 16.7 Å². The van der Waals surface area contributed by atoms with Gasteiger partial charge in [0.15, 0.2) is 10.9 Å². The van der Waals surface area contributed by atoms with Crippen LogP contribution in [0.4, 0.5) is 13.2 Å². The minimum Gasteiger partial charge on any atom is -0.403 e. The third-order valence-corrected chi connectivity index (χ3v) is 1.83. The quantitative estimate of drug-likeness (QED) is 0.726. The zero-order valence-electron chi connectivity index (χ0n) is 6.77. The Balaban J connectivity index is 3.28. The molecule has 0 aromatic carbocycles. The molecule has 0 amide bonds. The maximum Gasteiger partial charge on any atom is 0.573 e. The fourth-order valence-corrected chi connectivity index (χ4v) is 1.12. The van der Waals surface area contributed by atoms with Crippen LogP contribution in [0, 0.1) is 11.3 Å². The first kappa shape index (κ1) is 11.9. The number of pyridine rings is 1. The van der Waals surface area contributed by atoms with Crippen LogP contribution < -0.4 is 4.74 Å². The molecule has 0 aliphatic heterocycles. The molecule has 8 heteroatoms. The monoisotopic (exact) mass is 256 g/mol. The van der Waals surface area contributed by atoms with Gasteiger partial charge in [-0.2, -0.15) is 5.26 Å². The van der Waals surface area contributed by atoms with Crippen molar-refractivity contribution in [3.05, 3.63) is 21.9 Å². The lowest BCUT2D eigenvalue weighted by Gasteiger charge is -2.11. The number of nitrogens with zero attached hydrogens (tertiary/aromatic N) is 2. The Bertz CT molecular complexity index is 427. The van der Waals surface area contributed by atoms with Gasteiger partial charge in [-0.1, -0.05) is 23.2 Å². The van der Waals surface area contributed by atoms with Crippen molar-refractivity contribution < 1.29 is 17.9 Å². The molecule has 0 saturated heterocycles. The van der Waals surface area contributed by atoms with E-state index in [-0.39, 0.29) is 0 Å². The predicted molar refractivity (Wildman–Crippen MR) is 45.7 cm³/mol. The molecular weight excluding hydrogens is 256 g/mol. The van der Waals surface area contributed by atoms with E-state index in [1.807, 2.05) is 0 Å². The van der Waals surface area contributed by atoms with E-state index in [4.69, 9.17) is 28.5 Å². The molecule has 15 heavy (non-hydrogen) atoms. The fraction of sp³-hybridized carbons (Fsp3) is 0.143. The number of nitriles is 1. The predicted octanol–water partition coefficient (Wildman–Crippen LogP) is 3.16. The lowest BCUT2D eigenvalue weighted by atomic mass is 10.3. The van der Waals surface area contributed by atoms with Gasteiger partial charge in [0, 0.05) is 0 Å². The number of alkyl halides is 3. The summed E-state index contributed by atoms with van der Waals surface area (Å²) >= 11 is 10.8. The maximum absolute atomic E-state index is 11.9. The van der Waals surface area contributed by atoms with Gasteiger partial charge in [-0.15, -0.1) is 13.2 Å². The first-order valence-corrected chi connectivity index (χ1v) is 4.10. The lowest BCUT2D eigenvalue weighted by molar-refractivity contribution is -0.274. The first-order valence-electron chi connectivity index (χ1n) is 3.35. The number of halogens is 5. The van der Waals surface area contributed by atoms with Crippen molar-refractivity contribution in [1.29, 1.82) is 5.26 Å². The van der Waals surface area contributed by atoms with Crippen LogP contribution in [0.25, 0.3) is 0 Å². The maximum atomic E-state index is 11.9. The summed E-state index contributed by atoms with van der Waals surface area (Å²) in [5, 5.41) is 7.70. The van der Waals surface area contributed by atoms with Gasteiger partial charge in [0.05, 0.1) is 6.20 Å². The normalized spacial score (nSPS) is 10.9. The molecule has 1 aromatic heterocycles. The molecule has 1 heterocycles. The molecule has 0 fully saturated rings. The third-order valence-electron chi connectivity index (χ3n) is 1.27. The standard InChI is InChI=1S/C7HCl2F3N2O/c8-4-2-14-6(9)3(1-13)5(4)15-7(10,11)12/h2H. The summed E-state index contributed by atoms with van der Waals surface area (Å²) in [4.78, 5) is 3.40. The van der Waals surface area contributed by atoms with Crippen LogP contribution in [0.5, 0.6) is 5.75 Å². The first-order chi connectivity index (χ1) is 6.85. The molecule has 0 radical (unpaired) electrons. The number of aromatic nitrogens is 1. The second kappa shape index (κ2) is 4.13. The molecule has 0 unspecified atom stereocenters. The highest BCUT2D eigenvalue weighted by Crippen LogP contribution is 2.35. The number of hydrogen-bond acceptors (Lipinski definition) is 3. The summed E-state index contributed by atoms with van der Waals surface area (Å²) in [5.41, 5.74) is -0.554. The van der Waals surface area contributed by atoms with E-state index >= 15 is 0 Å². The molecule has 3 nitrogen and oxygen atoms in total. The summed E-state index contributed by atoms with van der Waals surface area (Å²) in [6.07, 6.45) is -4.08. The Morgan fingerprint density at radius 3 is 2.47 bits per heavy atom. The van der Waals surface area contributed by atoms with Crippen LogP contribution >= 0.6 is 23.2 Å². The van der Waals surface area contributed by atoms with E-state index in [0.717, 1.165) is 6.20 Å². The number of rotatable bonds is 1. The van der Waals surface area contributed by atoms with Gasteiger partial charge in [-0.25, -0.2) is 4.98 Å². The van der Waals surface area contributed by atoms with Crippen LogP contribution in [0.15, 0.2) is 6.20 Å². The van der Waals surface area contributed by atoms with Gasteiger partial charge in [0.2, 0.25) is 0 Å². The van der Waals surface area contributed by atoms with Crippen LogP contribution in [0.1, 0.15) is 5.56 Å². The highest BCUT2D eigenvalue weighted by atomic mass is 35.5. The largest absolute Gasteiger partial charge is 0.573 e. The van der Waals surface area contributed by atoms with Gasteiger partial charge in [-0.3, -0.25) is 0 Å². The molecule has 1 aromatic rings. The van der Waals surface area contributed by atoms with Crippen molar-refractivity contribution in [1.82, 2.24) is 4.98 Å². The fourth-order valence-electron chi connectivity index (χ4n) is 0.762. The van der Waals surface area contributed by atoms with Crippen LogP contribution in [0.3, 0.4) is 0 Å². The average molecular weight is 257 g/mol. The number of ether oxygens (including phenoxy) is 1. The lowest BCUT2D eigenvalue weighted by Crippen LogP contribution is -2.18. The van der Waals surface area contributed by atoms with Crippen LogP contribution in [-0.2, 0) is 0 Å². The zero-order valence-corrected chi connectivity index (χ0v) is 8.28. The second-order valence-corrected chi connectivity index (χ2v) is 3.03. The van der Waals surface area contributed by atoms with E-state index in [9.17, 15) is 13.2 Å². The van der Waals surface area contributed by atoms with Crippen molar-refractivity contribution in [3.8, 4) is 11.8 Å². The van der Waals surface area contributed by atoms with Gasteiger partial charge in [0.25, 0.3) is 0 Å². The summed E-state index contributed by atoms with van der Waals surface area (Å²) in [5.74, 6) is -0.841. The topological polar surface area (TPSA) is 45.9 Å². The summed E-state index contributed by atoms with van der Waals surface area (Å²) in [7, 11) is 0. The molecule has 0 spiro atoms. The average Bonchev–Trinajstić information content (AvgIpc) is 2.10. The van der Waals surface area contributed by atoms with Crippen molar-refractivity contribution in [2.75, 3.05) is 0 Å². The van der Waals surface area contributed by atoms with Crippen LogP contribution in [-0.4, -0.2) is 11.3 Å². The molecule has 0 N–H and O–H groups in total. The molecule has 0 aliphatic rings. The SMILES string of the molecule is N#Cc1c(Cl)ncc(Cl)c1OC(F)(F)F. The van der Waals surface area contributed by atoms with Gasteiger partial charge in [-0.05, 0) is 0 Å². The molecule has 0 atom stereocenters. The Morgan fingerprint density at radius 1 is 1.40 bits per heavy atom. The molecule has 80 valence electrons. The molecular formula is C7HCl2F3N2O. The third kappa shape index (κ3) is 2.88. The van der Waals surface area contributed by atoms with E-state index < -0.39 is 27.9 Å². The highest BCUT2D eigenvalue weighted by Gasteiger charge is 2.34. The smallest absolute Gasteiger partial charge is 0.403 e. The van der Waals surface area contributed by atoms with Crippen molar-refractivity contribution >= 4 is 23.2 Å². The van der Waals surface area contributed by atoms with Crippen molar-refractivity contribution in [2.45, 2.75) is 6.36 Å². The second-order valence-electron chi connectivity index (χ2n) is 2.26. The molecule has 1 rings (SSSR count). The zero-order chi connectivity index (χ0) is 11.6. The Labute approximate surface area is 92.0 Å².